The molecule has 1 aliphatic rings. The number of alkyl halides is 2. The van der Waals surface area contributed by atoms with Gasteiger partial charge in [0.15, 0.2) is 0 Å². The van der Waals surface area contributed by atoms with Crippen molar-refractivity contribution in [3.63, 3.8) is 0 Å². The first kappa shape index (κ1) is 9.90. The lowest BCUT2D eigenvalue weighted by molar-refractivity contribution is 0.00544. The van der Waals surface area contributed by atoms with Gasteiger partial charge in [-0.2, -0.15) is 0 Å². The van der Waals surface area contributed by atoms with Crippen molar-refractivity contribution in [3.8, 4) is 0 Å². The van der Waals surface area contributed by atoms with E-state index in [-0.39, 0.29) is 5.92 Å². The fourth-order valence-corrected chi connectivity index (χ4v) is 1.98. The number of likely N-dealkylation sites (tertiary alicyclic amines) is 1. The Morgan fingerprint density at radius 1 is 1.17 bits per heavy atom. The third-order valence-corrected chi connectivity index (χ3v) is 2.58. The topological polar surface area (TPSA) is 3.24 Å². The van der Waals surface area contributed by atoms with Crippen LogP contribution in [0.3, 0.4) is 0 Å². The third kappa shape index (κ3) is 1.94. The second kappa shape index (κ2) is 3.69. The first-order valence-corrected chi connectivity index (χ1v) is 4.49. The first-order valence-electron chi connectivity index (χ1n) is 4.49. The Morgan fingerprint density at radius 2 is 1.58 bits per heavy atom. The maximum Gasteiger partial charge on any atom is 0.119 e. The summed E-state index contributed by atoms with van der Waals surface area (Å²) < 4.78 is 26.6. The van der Waals surface area contributed by atoms with Gasteiger partial charge < -0.3 is 4.90 Å². The molecule has 0 amide bonds. The van der Waals surface area contributed by atoms with Crippen LogP contribution < -0.4 is 0 Å². The Labute approximate surface area is 72.7 Å². The SMILES string of the molecule is CC(C)C1C(F)CN(C)CC1F. The average molecular weight is 177 g/mol. The Bertz CT molecular complexity index is 137. The summed E-state index contributed by atoms with van der Waals surface area (Å²) in [6, 6.07) is 0. The van der Waals surface area contributed by atoms with Gasteiger partial charge in [0.2, 0.25) is 0 Å². The molecule has 0 aromatic rings. The van der Waals surface area contributed by atoms with Crippen LogP contribution in [0.4, 0.5) is 8.78 Å². The van der Waals surface area contributed by atoms with Gasteiger partial charge in [-0.3, -0.25) is 0 Å². The van der Waals surface area contributed by atoms with E-state index in [1.165, 1.54) is 0 Å². The number of hydrogen-bond donors (Lipinski definition) is 0. The van der Waals surface area contributed by atoms with Gasteiger partial charge in [-0.1, -0.05) is 13.8 Å². The van der Waals surface area contributed by atoms with Gasteiger partial charge in [0.05, 0.1) is 0 Å². The maximum atomic E-state index is 13.3. The van der Waals surface area contributed by atoms with E-state index < -0.39 is 18.3 Å². The zero-order chi connectivity index (χ0) is 9.30. The van der Waals surface area contributed by atoms with E-state index in [4.69, 9.17) is 0 Å². The van der Waals surface area contributed by atoms with Crippen molar-refractivity contribution in [3.05, 3.63) is 0 Å². The minimum absolute atomic E-state index is 0.101. The number of rotatable bonds is 1. The summed E-state index contributed by atoms with van der Waals surface area (Å²) >= 11 is 0. The van der Waals surface area contributed by atoms with Crippen LogP contribution in [-0.2, 0) is 0 Å². The normalized spacial score (nSPS) is 39.0. The Balaban J connectivity index is 2.60. The molecular formula is C9H17F2N. The van der Waals surface area contributed by atoms with Crippen LogP contribution in [-0.4, -0.2) is 37.4 Å². The van der Waals surface area contributed by atoms with Crippen LogP contribution in [0.25, 0.3) is 0 Å². The predicted octanol–water partition coefficient (Wildman–Crippen LogP) is 1.88. The van der Waals surface area contributed by atoms with E-state index in [2.05, 4.69) is 0 Å². The molecule has 2 atom stereocenters. The van der Waals surface area contributed by atoms with Crippen LogP contribution in [0.2, 0.25) is 0 Å². The number of halogens is 2. The van der Waals surface area contributed by atoms with Gasteiger partial charge in [-0.15, -0.1) is 0 Å². The quantitative estimate of drug-likeness (QED) is 0.591. The van der Waals surface area contributed by atoms with E-state index in [1.807, 2.05) is 13.8 Å². The van der Waals surface area contributed by atoms with Gasteiger partial charge in [-0.05, 0) is 13.0 Å². The zero-order valence-corrected chi connectivity index (χ0v) is 7.93. The number of hydrogen-bond acceptors (Lipinski definition) is 1. The monoisotopic (exact) mass is 177 g/mol. The molecule has 1 rings (SSSR count). The van der Waals surface area contributed by atoms with Crippen molar-refractivity contribution >= 4 is 0 Å². The minimum atomic E-state index is -1.00. The molecule has 12 heavy (non-hydrogen) atoms. The van der Waals surface area contributed by atoms with Crippen molar-refractivity contribution in [1.29, 1.82) is 0 Å². The Hall–Kier alpha value is -0.180. The second-order valence-electron chi connectivity index (χ2n) is 4.07. The number of piperidine rings is 1. The third-order valence-electron chi connectivity index (χ3n) is 2.58. The van der Waals surface area contributed by atoms with E-state index in [9.17, 15) is 8.78 Å². The molecule has 1 aliphatic heterocycles. The molecule has 0 N–H and O–H groups in total. The van der Waals surface area contributed by atoms with Crippen molar-refractivity contribution in [2.75, 3.05) is 20.1 Å². The highest BCUT2D eigenvalue weighted by Gasteiger charge is 2.37. The molecule has 1 heterocycles. The molecule has 2 unspecified atom stereocenters. The molecule has 0 aliphatic carbocycles. The molecular weight excluding hydrogens is 160 g/mol. The lowest BCUT2D eigenvalue weighted by atomic mass is 9.84. The van der Waals surface area contributed by atoms with Gasteiger partial charge in [0, 0.05) is 19.0 Å². The Kier molecular flexibility index (Phi) is 3.04. The molecule has 72 valence electrons. The highest BCUT2D eigenvalue weighted by atomic mass is 19.1. The lowest BCUT2D eigenvalue weighted by Gasteiger charge is -2.37. The van der Waals surface area contributed by atoms with Gasteiger partial charge in [0.1, 0.15) is 12.3 Å². The number of nitrogens with zero attached hydrogens (tertiary/aromatic N) is 1. The standard InChI is InChI=1S/C9H17F2N/c1-6(2)9-7(10)4-12(3)5-8(9)11/h6-9H,4-5H2,1-3H3. The summed E-state index contributed by atoms with van der Waals surface area (Å²) in [5.41, 5.74) is 0. The van der Waals surface area contributed by atoms with Crippen molar-refractivity contribution in [2.24, 2.45) is 11.8 Å². The van der Waals surface area contributed by atoms with Crippen molar-refractivity contribution < 1.29 is 8.78 Å². The molecule has 0 saturated carbocycles. The summed E-state index contributed by atoms with van der Waals surface area (Å²) in [5, 5.41) is 0. The van der Waals surface area contributed by atoms with Crippen LogP contribution in [0.15, 0.2) is 0 Å². The van der Waals surface area contributed by atoms with Gasteiger partial charge in [0.25, 0.3) is 0 Å². The van der Waals surface area contributed by atoms with Crippen LogP contribution in [0, 0.1) is 11.8 Å². The summed E-state index contributed by atoms with van der Waals surface area (Å²) in [6.45, 7) is 4.52. The molecule has 0 radical (unpaired) electrons. The molecule has 3 heteroatoms. The predicted molar refractivity (Wildman–Crippen MR) is 45.6 cm³/mol. The molecule has 1 nitrogen and oxygen atoms in total. The average Bonchev–Trinajstić information content (AvgIpc) is 1.82. The van der Waals surface area contributed by atoms with Crippen LogP contribution in [0.5, 0.6) is 0 Å². The molecule has 0 bridgehead atoms. The molecule has 0 spiro atoms. The fourth-order valence-electron chi connectivity index (χ4n) is 1.98. The van der Waals surface area contributed by atoms with Crippen LogP contribution in [0.1, 0.15) is 13.8 Å². The molecule has 0 aromatic carbocycles. The Morgan fingerprint density at radius 3 is 1.92 bits per heavy atom. The first-order chi connectivity index (χ1) is 5.52. The van der Waals surface area contributed by atoms with Crippen molar-refractivity contribution in [1.82, 2.24) is 4.90 Å². The summed E-state index contributed by atoms with van der Waals surface area (Å²) in [7, 11) is 1.76. The van der Waals surface area contributed by atoms with E-state index in [1.54, 1.807) is 11.9 Å². The maximum absolute atomic E-state index is 13.3. The molecule has 0 aromatic heterocycles. The smallest absolute Gasteiger partial charge is 0.119 e. The fraction of sp³-hybridized carbons (Fsp3) is 1.00. The molecule has 1 fully saturated rings. The zero-order valence-electron chi connectivity index (χ0n) is 7.93. The minimum Gasteiger partial charge on any atom is -0.301 e. The summed E-state index contributed by atoms with van der Waals surface area (Å²) in [5.74, 6) is -0.301. The van der Waals surface area contributed by atoms with E-state index in [0.717, 1.165) is 0 Å². The van der Waals surface area contributed by atoms with Crippen molar-refractivity contribution in [2.45, 2.75) is 26.2 Å². The largest absolute Gasteiger partial charge is 0.301 e. The van der Waals surface area contributed by atoms with E-state index in [0.29, 0.717) is 13.1 Å². The molecule has 1 saturated heterocycles. The van der Waals surface area contributed by atoms with Gasteiger partial charge >= 0.3 is 0 Å². The lowest BCUT2D eigenvalue weighted by Crippen LogP contribution is -2.48. The second-order valence-corrected chi connectivity index (χ2v) is 4.07. The summed E-state index contributed by atoms with van der Waals surface area (Å²) in [4.78, 5) is 1.72. The van der Waals surface area contributed by atoms with Crippen LogP contribution >= 0.6 is 0 Å². The van der Waals surface area contributed by atoms with Gasteiger partial charge in [-0.25, -0.2) is 8.78 Å². The summed E-state index contributed by atoms with van der Waals surface area (Å²) in [6.07, 6.45) is -2.00. The van der Waals surface area contributed by atoms with E-state index >= 15 is 0 Å². The highest BCUT2D eigenvalue weighted by Crippen LogP contribution is 2.28. The highest BCUT2D eigenvalue weighted by molar-refractivity contribution is 4.87.